The highest BCUT2D eigenvalue weighted by Crippen LogP contribution is 2.20. The first-order valence-corrected chi connectivity index (χ1v) is 5.84. The molecule has 0 aliphatic rings. The van der Waals surface area contributed by atoms with Crippen molar-refractivity contribution in [2.75, 3.05) is 11.1 Å². The van der Waals surface area contributed by atoms with Crippen molar-refractivity contribution in [3.63, 3.8) is 0 Å². The monoisotopic (exact) mass is 309 g/mol. The third kappa shape index (κ3) is 2.65. The van der Waals surface area contributed by atoms with Crippen LogP contribution in [0.5, 0.6) is 0 Å². The molecule has 1 aromatic heterocycles. The molecule has 92 valence electrons. The van der Waals surface area contributed by atoms with Crippen molar-refractivity contribution in [2.45, 2.75) is 0 Å². The number of rotatable bonds is 2. The maximum absolute atomic E-state index is 13.1. The quantitative estimate of drug-likeness (QED) is 0.896. The minimum absolute atomic E-state index is 0.181. The molecule has 0 atom stereocenters. The van der Waals surface area contributed by atoms with Gasteiger partial charge in [0.2, 0.25) is 0 Å². The topological polar surface area (TPSA) is 68.0 Å². The number of nitrogens with one attached hydrogen (secondary N) is 1. The minimum Gasteiger partial charge on any atom is -0.396 e. The number of hydrogen-bond acceptors (Lipinski definition) is 3. The largest absolute Gasteiger partial charge is 0.396 e. The highest BCUT2D eigenvalue weighted by Gasteiger charge is 2.13. The van der Waals surface area contributed by atoms with Gasteiger partial charge in [0.05, 0.1) is 11.3 Å². The lowest BCUT2D eigenvalue weighted by Crippen LogP contribution is -2.15. The Bertz CT molecular complexity index is 604. The standard InChI is InChI=1S/C12H9BrFN3O/c13-9-4-3-7(14)6-8(9)12(18)17-11-10(15)2-1-5-16-11/h1-6H,15H2,(H,16,17,18). The highest BCUT2D eigenvalue weighted by molar-refractivity contribution is 9.10. The number of carbonyl (C=O) groups excluding carboxylic acids is 1. The Morgan fingerprint density at radius 2 is 2.17 bits per heavy atom. The summed E-state index contributed by atoms with van der Waals surface area (Å²) in [7, 11) is 0. The third-order valence-corrected chi connectivity index (χ3v) is 2.94. The van der Waals surface area contributed by atoms with Gasteiger partial charge in [-0.15, -0.1) is 0 Å². The summed E-state index contributed by atoms with van der Waals surface area (Å²) < 4.78 is 13.6. The number of halogens is 2. The fourth-order valence-electron chi connectivity index (χ4n) is 1.37. The number of hydrogen-bond donors (Lipinski definition) is 2. The second-order valence-electron chi connectivity index (χ2n) is 3.52. The van der Waals surface area contributed by atoms with Crippen LogP contribution < -0.4 is 11.1 Å². The van der Waals surface area contributed by atoms with Crippen LogP contribution >= 0.6 is 15.9 Å². The van der Waals surface area contributed by atoms with Crippen LogP contribution in [0.15, 0.2) is 41.0 Å². The number of nitrogens with zero attached hydrogens (tertiary/aromatic N) is 1. The number of aromatic nitrogens is 1. The Hall–Kier alpha value is -1.95. The number of nitrogen functional groups attached to an aromatic ring is 1. The van der Waals surface area contributed by atoms with Crippen LogP contribution in [0.2, 0.25) is 0 Å². The number of benzene rings is 1. The van der Waals surface area contributed by atoms with E-state index in [1.807, 2.05) is 0 Å². The van der Waals surface area contributed by atoms with Gasteiger partial charge < -0.3 is 11.1 Å². The van der Waals surface area contributed by atoms with Crippen LogP contribution in [0.25, 0.3) is 0 Å². The van der Waals surface area contributed by atoms with E-state index in [0.717, 1.165) is 6.07 Å². The molecule has 0 saturated heterocycles. The second kappa shape index (κ2) is 5.14. The van der Waals surface area contributed by atoms with Gasteiger partial charge in [0.25, 0.3) is 5.91 Å². The third-order valence-electron chi connectivity index (χ3n) is 2.24. The van der Waals surface area contributed by atoms with Crippen molar-refractivity contribution < 1.29 is 9.18 Å². The predicted molar refractivity (Wildman–Crippen MR) is 70.7 cm³/mol. The molecule has 0 spiro atoms. The molecule has 18 heavy (non-hydrogen) atoms. The van der Waals surface area contributed by atoms with E-state index in [9.17, 15) is 9.18 Å². The maximum atomic E-state index is 13.1. The van der Waals surface area contributed by atoms with Gasteiger partial charge in [-0.3, -0.25) is 4.79 Å². The summed E-state index contributed by atoms with van der Waals surface area (Å²) in [4.78, 5) is 15.9. The molecule has 0 unspecified atom stereocenters. The molecule has 0 saturated carbocycles. The van der Waals surface area contributed by atoms with E-state index in [1.54, 1.807) is 12.1 Å². The van der Waals surface area contributed by atoms with E-state index < -0.39 is 11.7 Å². The van der Waals surface area contributed by atoms with Gasteiger partial charge in [-0.05, 0) is 46.3 Å². The molecule has 0 fully saturated rings. The molecule has 6 heteroatoms. The van der Waals surface area contributed by atoms with Crippen LogP contribution in [0.1, 0.15) is 10.4 Å². The van der Waals surface area contributed by atoms with E-state index in [0.29, 0.717) is 10.2 Å². The summed E-state index contributed by atoms with van der Waals surface area (Å²) in [6.07, 6.45) is 1.51. The summed E-state index contributed by atoms with van der Waals surface area (Å²) in [6, 6.07) is 7.13. The average molecular weight is 310 g/mol. The van der Waals surface area contributed by atoms with Crippen molar-refractivity contribution in [1.29, 1.82) is 0 Å². The Morgan fingerprint density at radius 1 is 1.39 bits per heavy atom. The summed E-state index contributed by atoms with van der Waals surface area (Å²) >= 11 is 3.18. The molecule has 2 rings (SSSR count). The van der Waals surface area contributed by atoms with E-state index in [1.165, 1.54) is 18.3 Å². The van der Waals surface area contributed by atoms with Gasteiger partial charge >= 0.3 is 0 Å². The van der Waals surface area contributed by atoms with Crippen LogP contribution in [0.3, 0.4) is 0 Å². The van der Waals surface area contributed by atoms with Gasteiger partial charge in [-0.25, -0.2) is 9.37 Å². The molecule has 1 heterocycles. The number of nitrogens with two attached hydrogens (primary N) is 1. The first-order chi connectivity index (χ1) is 8.58. The van der Waals surface area contributed by atoms with E-state index >= 15 is 0 Å². The fourth-order valence-corrected chi connectivity index (χ4v) is 1.80. The number of pyridine rings is 1. The molecule has 0 bridgehead atoms. The molecule has 0 radical (unpaired) electrons. The lowest BCUT2D eigenvalue weighted by molar-refractivity contribution is 0.102. The van der Waals surface area contributed by atoms with Gasteiger partial charge in [-0.1, -0.05) is 0 Å². The smallest absolute Gasteiger partial charge is 0.258 e. The summed E-state index contributed by atoms with van der Waals surface area (Å²) in [5, 5.41) is 2.52. The maximum Gasteiger partial charge on any atom is 0.258 e. The first kappa shape index (κ1) is 12.5. The molecule has 2 aromatic rings. The second-order valence-corrected chi connectivity index (χ2v) is 4.37. The highest BCUT2D eigenvalue weighted by atomic mass is 79.9. The summed E-state index contributed by atoms with van der Waals surface area (Å²) in [6.45, 7) is 0. The van der Waals surface area contributed by atoms with E-state index in [4.69, 9.17) is 5.73 Å². The van der Waals surface area contributed by atoms with Crippen LogP contribution in [0, 0.1) is 5.82 Å². The van der Waals surface area contributed by atoms with Crippen molar-refractivity contribution in [3.05, 3.63) is 52.4 Å². The minimum atomic E-state index is -0.489. The zero-order valence-corrected chi connectivity index (χ0v) is 10.7. The Morgan fingerprint density at radius 3 is 2.89 bits per heavy atom. The van der Waals surface area contributed by atoms with Gasteiger partial charge in [0, 0.05) is 10.7 Å². The SMILES string of the molecule is Nc1cccnc1NC(=O)c1cc(F)ccc1Br. The summed E-state index contributed by atoms with van der Waals surface area (Å²) in [5.41, 5.74) is 6.18. The fraction of sp³-hybridized carbons (Fsp3) is 0. The zero-order chi connectivity index (χ0) is 13.1. The number of amides is 1. The van der Waals surface area contributed by atoms with Crippen LogP contribution in [-0.4, -0.2) is 10.9 Å². The van der Waals surface area contributed by atoms with Gasteiger partial charge in [0.15, 0.2) is 5.82 Å². The Labute approximate surface area is 111 Å². The predicted octanol–water partition coefficient (Wildman–Crippen LogP) is 2.82. The first-order valence-electron chi connectivity index (χ1n) is 5.05. The van der Waals surface area contributed by atoms with Crippen LogP contribution in [-0.2, 0) is 0 Å². The molecule has 3 N–H and O–H groups in total. The lowest BCUT2D eigenvalue weighted by Gasteiger charge is -2.08. The Balaban J connectivity index is 2.28. The molecule has 0 aliphatic carbocycles. The van der Waals surface area contributed by atoms with Crippen molar-refractivity contribution in [1.82, 2.24) is 4.98 Å². The molecular formula is C12H9BrFN3O. The molecule has 1 aromatic carbocycles. The molecule has 1 amide bonds. The summed E-state index contributed by atoms with van der Waals surface area (Å²) in [5.74, 6) is -0.720. The number of carbonyl (C=O) groups is 1. The normalized spacial score (nSPS) is 10.1. The average Bonchev–Trinajstić information content (AvgIpc) is 2.35. The van der Waals surface area contributed by atoms with Crippen molar-refractivity contribution in [3.8, 4) is 0 Å². The molecular weight excluding hydrogens is 301 g/mol. The lowest BCUT2D eigenvalue weighted by atomic mass is 10.2. The van der Waals surface area contributed by atoms with Gasteiger partial charge in [-0.2, -0.15) is 0 Å². The van der Waals surface area contributed by atoms with E-state index in [-0.39, 0.29) is 11.4 Å². The van der Waals surface area contributed by atoms with Crippen LogP contribution in [0.4, 0.5) is 15.9 Å². The Kier molecular flexibility index (Phi) is 3.57. The molecule has 4 nitrogen and oxygen atoms in total. The van der Waals surface area contributed by atoms with Gasteiger partial charge in [0.1, 0.15) is 5.82 Å². The zero-order valence-electron chi connectivity index (χ0n) is 9.15. The number of anilines is 2. The van der Waals surface area contributed by atoms with E-state index in [2.05, 4.69) is 26.2 Å². The van der Waals surface area contributed by atoms with Crippen molar-refractivity contribution >= 4 is 33.3 Å². The van der Waals surface area contributed by atoms with Crippen molar-refractivity contribution in [2.24, 2.45) is 0 Å². The molecule has 0 aliphatic heterocycles.